The zero-order valence-electron chi connectivity index (χ0n) is 10.9. The number of benzene rings is 1. The van der Waals surface area contributed by atoms with Crippen LogP contribution in [0.1, 0.15) is 22.8 Å². The molecule has 6 heteroatoms. The second-order valence-electron chi connectivity index (χ2n) is 4.00. The van der Waals surface area contributed by atoms with Crippen molar-refractivity contribution in [1.82, 2.24) is 10.2 Å². The summed E-state index contributed by atoms with van der Waals surface area (Å²) in [5, 5.41) is 9.41. The summed E-state index contributed by atoms with van der Waals surface area (Å²) >= 11 is 0. The number of aryl methyl sites for hydroxylation is 1. The Morgan fingerprint density at radius 2 is 2.32 bits per heavy atom. The van der Waals surface area contributed by atoms with E-state index < -0.39 is 0 Å². The highest BCUT2D eigenvalue weighted by molar-refractivity contribution is 6.08. The molecule has 0 atom stereocenters. The lowest BCUT2D eigenvalue weighted by Crippen LogP contribution is -2.15. The smallest absolute Gasteiger partial charge is 0.259 e. The van der Waals surface area contributed by atoms with Crippen LogP contribution < -0.4 is 15.8 Å². The second-order valence-corrected chi connectivity index (χ2v) is 4.00. The van der Waals surface area contributed by atoms with Crippen molar-refractivity contribution in [2.75, 3.05) is 18.2 Å². The first-order chi connectivity index (χ1) is 9.17. The van der Waals surface area contributed by atoms with Crippen molar-refractivity contribution in [1.29, 1.82) is 0 Å². The molecule has 0 fully saturated rings. The lowest BCUT2D eigenvalue weighted by molar-refractivity contribution is 0.102. The molecule has 2 rings (SSSR count). The van der Waals surface area contributed by atoms with Crippen molar-refractivity contribution >= 4 is 17.4 Å². The lowest BCUT2D eigenvalue weighted by Gasteiger charge is -2.10. The zero-order valence-corrected chi connectivity index (χ0v) is 10.9. The molecule has 0 saturated heterocycles. The van der Waals surface area contributed by atoms with Crippen LogP contribution in [0.25, 0.3) is 0 Å². The summed E-state index contributed by atoms with van der Waals surface area (Å²) in [6, 6.07) is 5.08. The van der Waals surface area contributed by atoms with E-state index in [2.05, 4.69) is 15.5 Å². The number of nitrogens with two attached hydrogens (primary N) is 1. The van der Waals surface area contributed by atoms with Crippen LogP contribution >= 0.6 is 0 Å². The van der Waals surface area contributed by atoms with E-state index in [1.165, 1.54) is 7.11 Å². The number of aromatic nitrogens is 2. The molecule has 0 aliphatic rings. The van der Waals surface area contributed by atoms with Gasteiger partial charge in [-0.25, -0.2) is 0 Å². The third kappa shape index (κ3) is 2.52. The van der Waals surface area contributed by atoms with E-state index >= 15 is 0 Å². The van der Waals surface area contributed by atoms with Crippen LogP contribution in [0.15, 0.2) is 24.4 Å². The van der Waals surface area contributed by atoms with Crippen LogP contribution in [0, 0.1) is 0 Å². The number of methoxy groups -OCH3 is 1. The van der Waals surface area contributed by atoms with E-state index in [9.17, 15) is 4.79 Å². The maximum Gasteiger partial charge on any atom is 0.259 e. The van der Waals surface area contributed by atoms with Gasteiger partial charge in [-0.2, -0.15) is 5.10 Å². The monoisotopic (exact) mass is 260 g/mol. The van der Waals surface area contributed by atoms with Gasteiger partial charge in [-0.1, -0.05) is 13.0 Å². The van der Waals surface area contributed by atoms with Gasteiger partial charge in [0.15, 0.2) is 0 Å². The Morgan fingerprint density at radius 1 is 1.53 bits per heavy atom. The van der Waals surface area contributed by atoms with E-state index in [0.29, 0.717) is 22.8 Å². The first-order valence-electron chi connectivity index (χ1n) is 5.93. The molecule has 0 aliphatic carbocycles. The molecule has 0 bridgehead atoms. The molecule has 0 radical (unpaired) electrons. The fraction of sp³-hybridized carbons (Fsp3) is 0.231. The van der Waals surface area contributed by atoms with Gasteiger partial charge in [0, 0.05) is 5.56 Å². The minimum Gasteiger partial charge on any atom is -0.495 e. The molecule has 1 aromatic heterocycles. The molecule has 0 saturated carbocycles. The average Bonchev–Trinajstić information content (AvgIpc) is 2.86. The van der Waals surface area contributed by atoms with Crippen LogP contribution in [0.3, 0.4) is 0 Å². The maximum atomic E-state index is 12.2. The first kappa shape index (κ1) is 12.9. The Morgan fingerprint density at radius 3 is 3.00 bits per heavy atom. The molecule has 6 nitrogen and oxygen atoms in total. The molecule has 0 spiro atoms. The Kier molecular flexibility index (Phi) is 3.70. The lowest BCUT2D eigenvalue weighted by atomic mass is 10.1. The number of amides is 1. The minimum absolute atomic E-state index is 0.296. The number of carbonyl (C=O) groups excluding carboxylic acids is 1. The highest BCUT2D eigenvalue weighted by Crippen LogP contribution is 2.25. The van der Waals surface area contributed by atoms with Crippen LogP contribution in [0.2, 0.25) is 0 Å². The fourth-order valence-corrected chi connectivity index (χ4v) is 1.79. The molecule has 1 aromatic carbocycles. The maximum absolute atomic E-state index is 12.2. The van der Waals surface area contributed by atoms with Gasteiger partial charge in [-0.05, 0) is 18.6 Å². The van der Waals surface area contributed by atoms with Gasteiger partial charge in [0.2, 0.25) is 0 Å². The van der Waals surface area contributed by atoms with Crippen LogP contribution in [0.4, 0.5) is 11.5 Å². The largest absolute Gasteiger partial charge is 0.495 e. The summed E-state index contributed by atoms with van der Waals surface area (Å²) in [4.78, 5) is 12.2. The fourth-order valence-electron chi connectivity index (χ4n) is 1.79. The zero-order chi connectivity index (χ0) is 13.8. The summed E-state index contributed by atoms with van der Waals surface area (Å²) < 4.78 is 5.09. The molecule has 19 heavy (non-hydrogen) atoms. The van der Waals surface area contributed by atoms with E-state index in [1.807, 2.05) is 6.92 Å². The van der Waals surface area contributed by atoms with Crippen molar-refractivity contribution in [3.8, 4) is 5.75 Å². The Labute approximate surface area is 111 Å². The molecule has 1 heterocycles. The van der Waals surface area contributed by atoms with Crippen molar-refractivity contribution < 1.29 is 9.53 Å². The number of ether oxygens (including phenoxy) is 1. The number of rotatable bonds is 4. The quantitative estimate of drug-likeness (QED) is 0.731. The van der Waals surface area contributed by atoms with Crippen molar-refractivity contribution in [2.24, 2.45) is 0 Å². The summed E-state index contributed by atoms with van der Waals surface area (Å²) in [7, 11) is 1.51. The second kappa shape index (κ2) is 5.43. The summed E-state index contributed by atoms with van der Waals surface area (Å²) in [6.45, 7) is 1.99. The summed E-state index contributed by atoms with van der Waals surface area (Å²) in [5.41, 5.74) is 7.51. The number of carbonyl (C=O) groups is 1. The van der Waals surface area contributed by atoms with Crippen LogP contribution in [-0.2, 0) is 6.42 Å². The van der Waals surface area contributed by atoms with E-state index in [-0.39, 0.29) is 5.91 Å². The van der Waals surface area contributed by atoms with Crippen LogP contribution in [-0.4, -0.2) is 23.2 Å². The highest BCUT2D eigenvalue weighted by Gasteiger charge is 2.15. The van der Waals surface area contributed by atoms with Gasteiger partial charge in [-0.15, -0.1) is 0 Å². The predicted molar refractivity (Wildman–Crippen MR) is 73.3 cm³/mol. The number of para-hydroxylation sites is 1. The summed E-state index contributed by atoms with van der Waals surface area (Å²) in [6.07, 6.45) is 2.46. The average molecular weight is 260 g/mol. The SMILES string of the molecule is CCc1cn[nH]c1NC(=O)c1cccc(OC)c1N. The highest BCUT2D eigenvalue weighted by atomic mass is 16.5. The van der Waals surface area contributed by atoms with Gasteiger partial charge in [0.05, 0.1) is 24.6 Å². The number of nitrogens with one attached hydrogen (secondary N) is 2. The third-order valence-corrected chi connectivity index (χ3v) is 2.87. The van der Waals surface area contributed by atoms with Gasteiger partial charge in [0.1, 0.15) is 11.6 Å². The molecular formula is C13H16N4O2. The number of nitrogens with zero attached hydrogens (tertiary/aromatic N) is 1. The molecule has 1 amide bonds. The first-order valence-corrected chi connectivity index (χ1v) is 5.93. The van der Waals surface area contributed by atoms with Gasteiger partial charge in [-0.3, -0.25) is 9.89 Å². The number of anilines is 2. The predicted octanol–water partition coefficient (Wildman–Crippen LogP) is 1.82. The Bertz CT molecular complexity index is 592. The Balaban J connectivity index is 2.26. The number of hydrogen-bond donors (Lipinski definition) is 3. The molecule has 2 aromatic rings. The number of hydrogen-bond acceptors (Lipinski definition) is 4. The van der Waals surface area contributed by atoms with Crippen molar-refractivity contribution in [3.63, 3.8) is 0 Å². The van der Waals surface area contributed by atoms with Crippen molar-refractivity contribution in [2.45, 2.75) is 13.3 Å². The molecule has 0 unspecified atom stereocenters. The molecule has 100 valence electrons. The molecule has 0 aliphatic heterocycles. The third-order valence-electron chi connectivity index (χ3n) is 2.87. The van der Waals surface area contributed by atoms with Crippen LogP contribution in [0.5, 0.6) is 5.75 Å². The van der Waals surface area contributed by atoms with Gasteiger partial charge in [0.25, 0.3) is 5.91 Å². The topological polar surface area (TPSA) is 93.0 Å². The molecular weight excluding hydrogens is 244 g/mol. The summed E-state index contributed by atoms with van der Waals surface area (Å²) in [5.74, 6) is 0.776. The number of nitrogen functional groups attached to an aromatic ring is 1. The van der Waals surface area contributed by atoms with Gasteiger partial charge < -0.3 is 15.8 Å². The standard InChI is InChI=1S/C13H16N4O2/c1-3-8-7-15-17-12(8)16-13(18)9-5-4-6-10(19-2)11(9)14/h4-7H,3,14H2,1-2H3,(H2,15,16,17,18). The van der Waals surface area contributed by atoms with Crippen molar-refractivity contribution in [3.05, 3.63) is 35.5 Å². The van der Waals surface area contributed by atoms with E-state index in [4.69, 9.17) is 10.5 Å². The number of H-pyrrole nitrogens is 1. The van der Waals surface area contributed by atoms with E-state index in [1.54, 1.807) is 24.4 Å². The molecule has 4 N–H and O–H groups in total. The normalized spacial score (nSPS) is 10.2. The Hall–Kier alpha value is -2.50. The number of aromatic amines is 1. The minimum atomic E-state index is -0.296. The van der Waals surface area contributed by atoms with E-state index in [0.717, 1.165) is 12.0 Å². The van der Waals surface area contributed by atoms with Gasteiger partial charge >= 0.3 is 0 Å².